The number of allylic oxidation sites excluding steroid dienone is 2. The van der Waals surface area contributed by atoms with Crippen LogP contribution in [0.3, 0.4) is 0 Å². The standard InChI is InChI=1S/C24H33N3O5/c28-22(16-26-24(31)27-17-8-4-3-5-9-17)25-15-14-19-18(20-12-13-21(19)32-20)10-6-1-2-7-11-23(29)30/h1,3-6,8-9,18-21H,2,7,10-16H2,(H,25,28)(H,29,30)(H2,26,27,31)/b6-1-/t18-,19+,20-,21+/m1/s1. The molecule has 32 heavy (non-hydrogen) atoms. The summed E-state index contributed by atoms with van der Waals surface area (Å²) in [5.41, 5.74) is 0.670. The number of anilines is 1. The number of ether oxygens (including phenoxy) is 1. The first kappa shape index (κ1) is 23.8. The average molecular weight is 444 g/mol. The number of para-hydroxylation sites is 1. The lowest BCUT2D eigenvalue weighted by Gasteiger charge is -2.27. The van der Waals surface area contributed by atoms with Gasteiger partial charge in [-0.25, -0.2) is 4.79 Å². The molecule has 0 saturated carbocycles. The minimum absolute atomic E-state index is 0.0750. The third-order valence-corrected chi connectivity index (χ3v) is 6.17. The number of urea groups is 1. The Kier molecular flexibility index (Phi) is 9.10. The molecule has 0 aromatic heterocycles. The predicted molar refractivity (Wildman–Crippen MR) is 121 cm³/mol. The fourth-order valence-electron chi connectivity index (χ4n) is 4.64. The Bertz CT molecular complexity index is 798. The van der Waals surface area contributed by atoms with E-state index in [0.29, 0.717) is 30.5 Å². The number of carboxylic acids is 1. The van der Waals surface area contributed by atoms with Crippen LogP contribution in [0, 0.1) is 11.8 Å². The number of rotatable bonds is 12. The van der Waals surface area contributed by atoms with E-state index >= 15 is 0 Å². The van der Waals surface area contributed by atoms with Gasteiger partial charge in [-0.05, 0) is 62.5 Å². The molecule has 4 atom stereocenters. The third-order valence-electron chi connectivity index (χ3n) is 6.17. The Labute approximate surface area is 188 Å². The molecule has 0 radical (unpaired) electrons. The van der Waals surface area contributed by atoms with Gasteiger partial charge in [-0.1, -0.05) is 30.4 Å². The molecule has 2 heterocycles. The molecule has 2 aliphatic heterocycles. The number of benzene rings is 1. The first-order chi connectivity index (χ1) is 15.5. The number of unbranched alkanes of at least 4 members (excludes halogenated alkanes) is 1. The largest absolute Gasteiger partial charge is 0.481 e. The van der Waals surface area contributed by atoms with Crippen LogP contribution in [-0.4, -0.2) is 48.3 Å². The van der Waals surface area contributed by atoms with Crippen LogP contribution in [0.5, 0.6) is 0 Å². The minimum atomic E-state index is -0.756. The van der Waals surface area contributed by atoms with Crippen LogP contribution < -0.4 is 16.0 Å². The van der Waals surface area contributed by atoms with E-state index in [1.165, 1.54) is 0 Å². The first-order valence-electron chi connectivity index (χ1n) is 11.4. The van der Waals surface area contributed by atoms with E-state index in [0.717, 1.165) is 32.1 Å². The number of nitrogens with one attached hydrogen (secondary N) is 3. The molecule has 2 saturated heterocycles. The van der Waals surface area contributed by atoms with Gasteiger partial charge in [-0.3, -0.25) is 9.59 Å². The number of hydrogen-bond acceptors (Lipinski definition) is 4. The number of aliphatic carboxylic acids is 1. The maximum Gasteiger partial charge on any atom is 0.319 e. The number of carbonyl (C=O) groups excluding carboxylic acids is 2. The SMILES string of the molecule is O=C(O)CCC/C=C\C[C@@H]1[C@H](CCNC(=O)CNC(=O)Nc2ccccc2)[C@@H]2CC[C@H]1O2. The van der Waals surface area contributed by atoms with Gasteiger partial charge in [-0.2, -0.15) is 0 Å². The fourth-order valence-corrected chi connectivity index (χ4v) is 4.64. The molecule has 0 unspecified atom stereocenters. The summed E-state index contributed by atoms with van der Waals surface area (Å²) in [4.78, 5) is 34.5. The minimum Gasteiger partial charge on any atom is -0.481 e. The van der Waals surface area contributed by atoms with Gasteiger partial charge in [0, 0.05) is 18.7 Å². The number of hydrogen-bond donors (Lipinski definition) is 4. The molecule has 2 aliphatic rings. The zero-order chi connectivity index (χ0) is 22.8. The molecule has 1 aromatic rings. The van der Waals surface area contributed by atoms with Crippen LogP contribution in [0.1, 0.15) is 44.9 Å². The van der Waals surface area contributed by atoms with Crippen LogP contribution in [0.2, 0.25) is 0 Å². The number of fused-ring (bicyclic) bond motifs is 2. The van der Waals surface area contributed by atoms with Gasteiger partial charge < -0.3 is 25.8 Å². The second-order valence-corrected chi connectivity index (χ2v) is 8.42. The molecule has 0 aliphatic carbocycles. The molecular weight excluding hydrogens is 410 g/mol. The zero-order valence-electron chi connectivity index (χ0n) is 18.3. The molecule has 2 bridgehead atoms. The molecule has 4 N–H and O–H groups in total. The van der Waals surface area contributed by atoms with E-state index in [4.69, 9.17) is 9.84 Å². The lowest BCUT2D eigenvalue weighted by molar-refractivity contribution is -0.137. The van der Waals surface area contributed by atoms with Crippen LogP contribution >= 0.6 is 0 Å². The lowest BCUT2D eigenvalue weighted by Crippen LogP contribution is -2.40. The molecule has 3 amide bonds. The molecule has 8 nitrogen and oxygen atoms in total. The van der Waals surface area contributed by atoms with Crippen LogP contribution in [0.25, 0.3) is 0 Å². The summed E-state index contributed by atoms with van der Waals surface area (Å²) in [6.07, 6.45) is 10.3. The van der Waals surface area contributed by atoms with Gasteiger partial charge >= 0.3 is 12.0 Å². The molecule has 174 valence electrons. The third kappa shape index (κ3) is 7.37. The Hall–Kier alpha value is -2.87. The second kappa shape index (κ2) is 12.2. The van der Waals surface area contributed by atoms with Crippen molar-refractivity contribution >= 4 is 23.6 Å². The molecule has 0 spiro atoms. The van der Waals surface area contributed by atoms with Crippen molar-refractivity contribution in [1.82, 2.24) is 10.6 Å². The highest BCUT2D eigenvalue weighted by molar-refractivity contribution is 5.92. The molecule has 2 fully saturated rings. The van der Waals surface area contributed by atoms with Crippen molar-refractivity contribution in [2.24, 2.45) is 11.8 Å². The monoisotopic (exact) mass is 443 g/mol. The number of carboxylic acid groups (broad SMARTS) is 1. The van der Waals surface area contributed by atoms with Crippen molar-refractivity contribution in [3.8, 4) is 0 Å². The maximum atomic E-state index is 12.1. The van der Waals surface area contributed by atoms with Crippen molar-refractivity contribution in [1.29, 1.82) is 0 Å². The van der Waals surface area contributed by atoms with Crippen molar-refractivity contribution in [3.05, 3.63) is 42.5 Å². The lowest BCUT2D eigenvalue weighted by atomic mass is 9.76. The van der Waals surface area contributed by atoms with Crippen molar-refractivity contribution in [2.45, 2.75) is 57.2 Å². The average Bonchev–Trinajstić information content (AvgIpc) is 3.37. The van der Waals surface area contributed by atoms with Crippen molar-refractivity contribution in [3.63, 3.8) is 0 Å². The fraction of sp³-hybridized carbons (Fsp3) is 0.542. The van der Waals surface area contributed by atoms with Crippen LogP contribution in [-0.2, 0) is 14.3 Å². The van der Waals surface area contributed by atoms with Gasteiger partial charge in [0.2, 0.25) is 5.91 Å². The van der Waals surface area contributed by atoms with E-state index in [1.54, 1.807) is 12.1 Å². The van der Waals surface area contributed by atoms with E-state index in [9.17, 15) is 14.4 Å². The first-order valence-corrected chi connectivity index (χ1v) is 11.4. The van der Waals surface area contributed by atoms with Crippen molar-refractivity contribution < 1.29 is 24.2 Å². The summed E-state index contributed by atoms with van der Waals surface area (Å²) in [5, 5.41) is 16.8. The van der Waals surface area contributed by atoms with E-state index in [1.807, 2.05) is 18.2 Å². The number of carbonyl (C=O) groups is 3. The summed E-state index contributed by atoms with van der Waals surface area (Å²) < 4.78 is 6.11. The van der Waals surface area contributed by atoms with Gasteiger partial charge in [0.1, 0.15) is 0 Å². The Morgan fingerprint density at radius 3 is 2.53 bits per heavy atom. The highest BCUT2D eigenvalue weighted by Gasteiger charge is 2.47. The maximum absolute atomic E-state index is 12.1. The summed E-state index contributed by atoms with van der Waals surface area (Å²) in [6, 6.07) is 8.65. The smallest absolute Gasteiger partial charge is 0.319 e. The highest BCUT2D eigenvalue weighted by atomic mass is 16.5. The Morgan fingerprint density at radius 2 is 1.78 bits per heavy atom. The summed E-state index contributed by atoms with van der Waals surface area (Å²) in [5.74, 6) is -0.121. The Balaban J connectivity index is 1.33. The Morgan fingerprint density at radius 1 is 1.03 bits per heavy atom. The topological polar surface area (TPSA) is 117 Å². The van der Waals surface area contributed by atoms with Crippen LogP contribution in [0.15, 0.2) is 42.5 Å². The molecule has 3 rings (SSSR count). The van der Waals surface area contributed by atoms with Gasteiger partial charge in [0.05, 0.1) is 18.8 Å². The van der Waals surface area contributed by atoms with E-state index in [-0.39, 0.29) is 31.1 Å². The van der Waals surface area contributed by atoms with Gasteiger partial charge in [-0.15, -0.1) is 0 Å². The van der Waals surface area contributed by atoms with E-state index < -0.39 is 12.0 Å². The van der Waals surface area contributed by atoms with Crippen LogP contribution in [0.4, 0.5) is 10.5 Å². The van der Waals surface area contributed by atoms with E-state index in [2.05, 4.69) is 28.1 Å². The molecule has 1 aromatic carbocycles. The predicted octanol–water partition coefficient (Wildman–Crippen LogP) is 3.31. The second-order valence-electron chi connectivity index (χ2n) is 8.42. The quantitative estimate of drug-likeness (QED) is 0.292. The molecular formula is C24H33N3O5. The zero-order valence-corrected chi connectivity index (χ0v) is 18.3. The normalized spacial score (nSPS) is 23.9. The van der Waals surface area contributed by atoms with Gasteiger partial charge in [0.25, 0.3) is 0 Å². The summed E-state index contributed by atoms with van der Waals surface area (Å²) >= 11 is 0. The summed E-state index contributed by atoms with van der Waals surface area (Å²) in [6.45, 7) is 0.477. The van der Waals surface area contributed by atoms with Crippen molar-refractivity contribution in [2.75, 3.05) is 18.4 Å². The summed E-state index contributed by atoms with van der Waals surface area (Å²) in [7, 11) is 0. The van der Waals surface area contributed by atoms with Gasteiger partial charge in [0.15, 0.2) is 0 Å². The highest BCUT2D eigenvalue weighted by Crippen LogP contribution is 2.46. The molecule has 8 heteroatoms. The number of amides is 3.